The van der Waals surface area contributed by atoms with E-state index >= 15 is 0 Å². The summed E-state index contributed by atoms with van der Waals surface area (Å²) in [5.41, 5.74) is 2.69. The highest BCUT2D eigenvalue weighted by atomic mass is 14.9. The quantitative estimate of drug-likeness (QED) is 0.665. The number of aromatic nitrogens is 2. The molecule has 1 atom stereocenters. The van der Waals surface area contributed by atoms with Gasteiger partial charge in [0.15, 0.2) is 0 Å². The van der Waals surface area contributed by atoms with E-state index in [1.807, 2.05) is 0 Å². The predicted molar refractivity (Wildman–Crippen MR) is 86.4 cm³/mol. The molecule has 1 heterocycles. The molecule has 1 aromatic rings. The van der Waals surface area contributed by atoms with Crippen LogP contribution >= 0.6 is 0 Å². The lowest BCUT2D eigenvalue weighted by atomic mass is 9.98. The van der Waals surface area contributed by atoms with Gasteiger partial charge in [-0.3, -0.25) is 0 Å². The maximum atomic E-state index is 5.02. The molecular weight excluding hydrogens is 258 g/mol. The summed E-state index contributed by atoms with van der Waals surface area (Å²) in [5.74, 6) is 1.74. The smallest absolute Gasteiger partial charge is 0.131 e. The summed E-state index contributed by atoms with van der Waals surface area (Å²) in [6, 6.07) is 0.468. The Morgan fingerprint density at radius 3 is 2.57 bits per heavy atom. The number of rotatable bonds is 3. The molecule has 0 spiro atoms. The maximum absolute atomic E-state index is 5.02. The van der Waals surface area contributed by atoms with Gasteiger partial charge in [0.25, 0.3) is 0 Å². The molecule has 0 radical (unpaired) electrons. The number of hydrogen-bond acceptors (Lipinski definition) is 3. The monoisotopic (exact) mass is 287 g/mol. The van der Waals surface area contributed by atoms with Crippen LogP contribution in [0.3, 0.4) is 0 Å². The first-order valence-corrected chi connectivity index (χ1v) is 8.97. The zero-order chi connectivity index (χ0) is 14.5. The minimum absolute atomic E-state index is 0.468. The molecule has 0 saturated heterocycles. The largest absolute Gasteiger partial charge is 0.310 e. The van der Waals surface area contributed by atoms with Gasteiger partial charge < -0.3 is 5.32 Å². The van der Waals surface area contributed by atoms with Gasteiger partial charge in [-0.2, -0.15) is 0 Å². The molecule has 0 amide bonds. The van der Waals surface area contributed by atoms with E-state index in [1.54, 1.807) is 0 Å². The van der Waals surface area contributed by atoms with Crippen molar-refractivity contribution >= 4 is 0 Å². The molecular formula is C18H29N3. The molecule has 1 unspecified atom stereocenters. The SMILES string of the molecule is CCNC1CCCCc2nc(C3CCCCCC3)ncc21. The molecule has 2 aliphatic carbocycles. The topological polar surface area (TPSA) is 37.8 Å². The third kappa shape index (κ3) is 3.63. The van der Waals surface area contributed by atoms with Crippen LogP contribution in [0, 0.1) is 0 Å². The van der Waals surface area contributed by atoms with Crippen LogP contribution in [-0.4, -0.2) is 16.5 Å². The molecule has 116 valence electrons. The van der Waals surface area contributed by atoms with Gasteiger partial charge in [0, 0.05) is 29.4 Å². The lowest BCUT2D eigenvalue weighted by Crippen LogP contribution is -2.22. The van der Waals surface area contributed by atoms with Crippen LogP contribution < -0.4 is 5.32 Å². The van der Waals surface area contributed by atoms with Gasteiger partial charge in [0.2, 0.25) is 0 Å². The number of fused-ring (bicyclic) bond motifs is 1. The Morgan fingerprint density at radius 2 is 1.81 bits per heavy atom. The minimum Gasteiger partial charge on any atom is -0.310 e. The lowest BCUT2D eigenvalue weighted by Gasteiger charge is -2.19. The van der Waals surface area contributed by atoms with Gasteiger partial charge in [-0.25, -0.2) is 9.97 Å². The van der Waals surface area contributed by atoms with E-state index in [0.717, 1.165) is 18.8 Å². The Balaban J connectivity index is 1.83. The summed E-state index contributed by atoms with van der Waals surface area (Å²) >= 11 is 0. The fourth-order valence-electron chi connectivity index (χ4n) is 3.92. The van der Waals surface area contributed by atoms with E-state index in [0.29, 0.717) is 12.0 Å². The summed E-state index contributed by atoms with van der Waals surface area (Å²) in [4.78, 5) is 9.80. The van der Waals surface area contributed by atoms with Crippen molar-refractivity contribution in [1.29, 1.82) is 0 Å². The summed E-state index contributed by atoms with van der Waals surface area (Å²) in [6.07, 6.45) is 15.1. The fourth-order valence-corrected chi connectivity index (χ4v) is 3.92. The highest BCUT2D eigenvalue weighted by molar-refractivity contribution is 5.24. The van der Waals surface area contributed by atoms with Crippen LogP contribution in [0.25, 0.3) is 0 Å². The van der Waals surface area contributed by atoms with Crippen molar-refractivity contribution < 1.29 is 0 Å². The van der Waals surface area contributed by atoms with E-state index in [-0.39, 0.29) is 0 Å². The minimum atomic E-state index is 0.468. The number of nitrogens with one attached hydrogen (secondary N) is 1. The van der Waals surface area contributed by atoms with Crippen LogP contribution in [0.15, 0.2) is 6.20 Å². The van der Waals surface area contributed by atoms with Crippen molar-refractivity contribution in [3.8, 4) is 0 Å². The van der Waals surface area contributed by atoms with Crippen LogP contribution in [-0.2, 0) is 6.42 Å². The summed E-state index contributed by atoms with van der Waals surface area (Å²) in [5, 5.41) is 3.61. The van der Waals surface area contributed by atoms with E-state index in [2.05, 4.69) is 18.4 Å². The van der Waals surface area contributed by atoms with E-state index in [4.69, 9.17) is 9.97 Å². The first-order chi connectivity index (χ1) is 10.4. The molecule has 1 fully saturated rings. The molecule has 0 aliphatic heterocycles. The first-order valence-electron chi connectivity index (χ1n) is 8.97. The van der Waals surface area contributed by atoms with Crippen molar-refractivity contribution in [1.82, 2.24) is 15.3 Å². The van der Waals surface area contributed by atoms with Crippen molar-refractivity contribution in [3.63, 3.8) is 0 Å². The number of nitrogens with zero attached hydrogens (tertiary/aromatic N) is 2. The van der Waals surface area contributed by atoms with Gasteiger partial charge in [-0.05, 0) is 38.6 Å². The van der Waals surface area contributed by atoms with E-state index in [1.165, 1.54) is 69.0 Å². The molecule has 1 N–H and O–H groups in total. The number of hydrogen-bond donors (Lipinski definition) is 1. The zero-order valence-corrected chi connectivity index (χ0v) is 13.4. The Morgan fingerprint density at radius 1 is 1.05 bits per heavy atom. The van der Waals surface area contributed by atoms with Crippen LogP contribution in [0.5, 0.6) is 0 Å². The standard InChI is InChI=1S/C18H29N3/c1-2-19-16-11-7-8-12-17-15(16)13-20-18(21-17)14-9-5-3-4-6-10-14/h13-14,16,19H,2-12H2,1H3. The molecule has 0 bridgehead atoms. The van der Waals surface area contributed by atoms with Crippen LogP contribution in [0.4, 0.5) is 0 Å². The maximum Gasteiger partial charge on any atom is 0.131 e. The average Bonchev–Trinajstić information content (AvgIpc) is 2.88. The van der Waals surface area contributed by atoms with Crippen molar-refractivity contribution in [2.75, 3.05) is 6.54 Å². The second-order valence-electron chi connectivity index (χ2n) is 6.67. The third-order valence-electron chi connectivity index (χ3n) is 5.12. The van der Waals surface area contributed by atoms with Crippen molar-refractivity contribution in [2.24, 2.45) is 0 Å². The Hall–Kier alpha value is -0.960. The lowest BCUT2D eigenvalue weighted by molar-refractivity contribution is 0.500. The highest BCUT2D eigenvalue weighted by Gasteiger charge is 2.23. The Bertz CT molecular complexity index is 450. The molecule has 3 nitrogen and oxygen atoms in total. The Labute approximate surface area is 129 Å². The molecule has 1 aromatic heterocycles. The zero-order valence-electron chi connectivity index (χ0n) is 13.4. The molecule has 3 rings (SSSR count). The van der Waals surface area contributed by atoms with Crippen molar-refractivity contribution in [2.45, 2.75) is 83.1 Å². The molecule has 21 heavy (non-hydrogen) atoms. The van der Waals surface area contributed by atoms with Gasteiger partial charge in [0.05, 0.1) is 0 Å². The van der Waals surface area contributed by atoms with Crippen LogP contribution in [0.1, 0.15) is 93.8 Å². The summed E-state index contributed by atoms with van der Waals surface area (Å²) in [7, 11) is 0. The Kier molecular flexibility index (Phi) is 5.23. The molecule has 0 aromatic carbocycles. The highest BCUT2D eigenvalue weighted by Crippen LogP contribution is 2.32. The van der Waals surface area contributed by atoms with Gasteiger partial charge >= 0.3 is 0 Å². The second kappa shape index (κ2) is 7.35. The van der Waals surface area contributed by atoms with Gasteiger partial charge in [-0.1, -0.05) is 39.0 Å². The summed E-state index contributed by atoms with van der Waals surface area (Å²) < 4.78 is 0. The normalized spacial score (nSPS) is 24.1. The van der Waals surface area contributed by atoms with Gasteiger partial charge in [-0.15, -0.1) is 0 Å². The molecule has 1 saturated carbocycles. The third-order valence-corrected chi connectivity index (χ3v) is 5.12. The molecule has 2 aliphatic rings. The second-order valence-corrected chi connectivity index (χ2v) is 6.67. The first kappa shape index (κ1) is 15.0. The number of aryl methyl sites for hydroxylation is 1. The van der Waals surface area contributed by atoms with Crippen molar-refractivity contribution in [3.05, 3.63) is 23.3 Å². The van der Waals surface area contributed by atoms with Gasteiger partial charge in [0.1, 0.15) is 5.82 Å². The fraction of sp³-hybridized carbons (Fsp3) is 0.778. The average molecular weight is 287 g/mol. The predicted octanol–water partition coefficient (Wildman–Crippen LogP) is 4.29. The summed E-state index contributed by atoms with van der Waals surface area (Å²) in [6.45, 7) is 3.21. The molecule has 3 heteroatoms. The van der Waals surface area contributed by atoms with E-state index < -0.39 is 0 Å². The van der Waals surface area contributed by atoms with Crippen LogP contribution in [0.2, 0.25) is 0 Å². The van der Waals surface area contributed by atoms with E-state index in [9.17, 15) is 0 Å².